The van der Waals surface area contributed by atoms with Crippen LogP contribution in [-0.4, -0.2) is 59.4 Å². The molecule has 9 heteroatoms. The van der Waals surface area contributed by atoms with Gasteiger partial charge < -0.3 is 19.3 Å². The van der Waals surface area contributed by atoms with Crippen molar-refractivity contribution in [3.63, 3.8) is 0 Å². The Bertz CT molecular complexity index is 1070. The minimum atomic E-state index is -2.09. The van der Waals surface area contributed by atoms with Gasteiger partial charge in [-0.1, -0.05) is 32.4 Å². The molecule has 0 aromatic rings. The van der Waals surface area contributed by atoms with Crippen molar-refractivity contribution in [2.24, 2.45) is 28.6 Å². The summed E-state index contributed by atoms with van der Waals surface area (Å²) < 4.78 is 33.4. The average Bonchev–Trinajstić information content (AvgIpc) is 3.05. The van der Waals surface area contributed by atoms with E-state index in [1.54, 1.807) is 40.7 Å². The van der Waals surface area contributed by atoms with Gasteiger partial charge in [0.1, 0.15) is 0 Å². The molecule has 37 heavy (non-hydrogen) atoms. The number of Topliss-reactive ketones (excluding diaryl/α,β-unsaturated/α-hetero) is 1. The SMILES string of the molecule is CCOC(=O)O[C@]1(C(=O)COC(=O)CC)[C@H](C)C[C@H]2[C@@H]3CCC4=CC(=O)C=C[C@]4(C)[C@@]3(F)[C@@H](O)C[C@@]21C. The van der Waals surface area contributed by atoms with Crippen molar-refractivity contribution in [1.29, 1.82) is 0 Å². The van der Waals surface area contributed by atoms with Crippen LogP contribution in [0.4, 0.5) is 9.18 Å². The van der Waals surface area contributed by atoms with Gasteiger partial charge in [0.2, 0.25) is 5.78 Å². The van der Waals surface area contributed by atoms with Crippen molar-refractivity contribution < 1.29 is 42.9 Å². The third-order valence-electron chi connectivity index (χ3n) is 9.75. The summed E-state index contributed by atoms with van der Waals surface area (Å²) in [6, 6.07) is 0. The van der Waals surface area contributed by atoms with E-state index >= 15 is 4.39 Å². The predicted octanol–water partition coefficient (Wildman–Crippen LogP) is 4.04. The lowest BCUT2D eigenvalue weighted by Gasteiger charge is -2.62. The number of ketones is 2. The molecule has 0 spiro atoms. The molecular formula is C28H37FO8. The molecule has 0 bridgehead atoms. The largest absolute Gasteiger partial charge is 0.509 e. The molecule has 204 valence electrons. The van der Waals surface area contributed by atoms with Gasteiger partial charge in [-0.2, -0.15) is 0 Å². The van der Waals surface area contributed by atoms with E-state index in [2.05, 4.69) is 0 Å². The van der Waals surface area contributed by atoms with Crippen LogP contribution in [0.15, 0.2) is 23.8 Å². The summed E-state index contributed by atoms with van der Waals surface area (Å²) in [6.07, 6.45) is 2.97. The molecule has 1 N–H and O–H groups in total. The first-order chi connectivity index (χ1) is 17.3. The van der Waals surface area contributed by atoms with E-state index < -0.39 is 70.5 Å². The zero-order chi connectivity index (χ0) is 27.4. The Morgan fingerprint density at radius 1 is 1.16 bits per heavy atom. The quantitative estimate of drug-likeness (QED) is 0.522. The summed E-state index contributed by atoms with van der Waals surface area (Å²) in [5, 5.41) is 11.6. The van der Waals surface area contributed by atoms with E-state index in [4.69, 9.17) is 14.2 Å². The Morgan fingerprint density at radius 2 is 1.86 bits per heavy atom. The van der Waals surface area contributed by atoms with E-state index in [0.29, 0.717) is 24.8 Å². The summed E-state index contributed by atoms with van der Waals surface area (Å²) in [5.74, 6) is -3.03. The highest BCUT2D eigenvalue weighted by Crippen LogP contribution is 2.71. The second kappa shape index (κ2) is 9.33. The molecule has 4 aliphatic carbocycles. The number of hydrogen-bond donors (Lipinski definition) is 1. The normalized spacial score (nSPS) is 42.1. The fourth-order valence-corrected chi connectivity index (χ4v) is 8.03. The van der Waals surface area contributed by atoms with Gasteiger partial charge in [-0.3, -0.25) is 14.4 Å². The van der Waals surface area contributed by atoms with Gasteiger partial charge in [0.25, 0.3) is 0 Å². The molecule has 3 saturated carbocycles. The van der Waals surface area contributed by atoms with Crippen molar-refractivity contribution in [1.82, 2.24) is 0 Å². The minimum absolute atomic E-state index is 0.0276. The van der Waals surface area contributed by atoms with Gasteiger partial charge in [0.05, 0.1) is 12.7 Å². The van der Waals surface area contributed by atoms with Gasteiger partial charge in [0, 0.05) is 29.1 Å². The summed E-state index contributed by atoms with van der Waals surface area (Å²) >= 11 is 0. The number of carbonyl (C=O) groups excluding carboxylic acids is 4. The fourth-order valence-electron chi connectivity index (χ4n) is 8.03. The van der Waals surface area contributed by atoms with Gasteiger partial charge in [-0.15, -0.1) is 0 Å². The lowest BCUT2D eigenvalue weighted by molar-refractivity contribution is -0.222. The second-order valence-corrected chi connectivity index (χ2v) is 11.4. The van der Waals surface area contributed by atoms with Gasteiger partial charge >= 0.3 is 12.1 Å². The molecule has 0 unspecified atom stereocenters. The molecule has 0 radical (unpaired) electrons. The van der Waals surface area contributed by atoms with Crippen molar-refractivity contribution in [2.45, 2.75) is 84.1 Å². The summed E-state index contributed by atoms with van der Waals surface area (Å²) in [5.41, 5.74) is -5.54. The van der Waals surface area contributed by atoms with Crippen LogP contribution in [0.25, 0.3) is 0 Å². The number of alkyl halides is 1. The van der Waals surface area contributed by atoms with Crippen LogP contribution in [0, 0.1) is 28.6 Å². The van der Waals surface area contributed by atoms with Crippen LogP contribution in [0.2, 0.25) is 0 Å². The number of hydrogen-bond acceptors (Lipinski definition) is 8. The standard InChI is InChI=1S/C28H37FO8/c1-6-23(33)36-15-22(32)28(37-24(34)35-7-2)16(3)12-20-19-9-8-17-13-18(30)10-11-25(17,4)27(19,29)21(31)14-26(20,28)5/h10-11,13,16,19-21,31H,6-9,12,14-15H2,1-5H3/t16-,19+,20+,21+,25+,26+,27+,28+/m1/s1. The molecular weight excluding hydrogens is 483 g/mol. The highest BCUT2D eigenvalue weighted by atomic mass is 19.1. The molecule has 0 saturated heterocycles. The minimum Gasteiger partial charge on any atom is -0.457 e. The average molecular weight is 521 g/mol. The predicted molar refractivity (Wildman–Crippen MR) is 130 cm³/mol. The first kappa shape index (κ1) is 27.5. The summed E-state index contributed by atoms with van der Waals surface area (Å²) in [6.45, 7) is 7.89. The zero-order valence-electron chi connectivity index (χ0n) is 22.2. The number of halogens is 1. The molecule has 0 aromatic carbocycles. The van der Waals surface area contributed by atoms with E-state index in [9.17, 15) is 24.3 Å². The molecule has 0 aromatic heterocycles. The van der Waals surface area contributed by atoms with Crippen LogP contribution >= 0.6 is 0 Å². The fraction of sp³-hybridized carbons (Fsp3) is 0.714. The molecule has 8 nitrogen and oxygen atoms in total. The van der Waals surface area contributed by atoms with Crippen molar-refractivity contribution in [3.05, 3.63) is 23.8 Å². The first-order valence-corrected chi connectivity index (χ1v) is 13.2. The van der Waals surface area contributed by atoms with Gasteiger partial charge in [-0.05, 0) is 57.6 Å². The number of fused-ring (bicyclic) bond motifs is 5. The monoisotopic (exact) mass is 520 g/mol. The maximum atomic E-state index is 17.4. The molecule has 0 heterocycles. The number of ether oxygens (including phenoxy) is 3. The molecule has 0 amide bonds. The number of esters is 1. The number of aliphatic hydroxyl groups is 1. The Hall–Kier alpha value is -2.55. The summed E-state index contributed by atoms with van der Waals surface area (Å²) in [7, 11) is 0. The van der Waals surface area contributed by atoms with E-state index in [1.807, 2.05) is 0 Å². The van der Waals surface area contributed by atoms with Crippen LogP contribution in [0.3, 0.4) is 0 Å². The van der Waals surface area contributed by atoms with Crippen LogP contribution in [0.1, 0.15) is 66.7 Å². The Morgan fingerprint density at radius 3 is 2.51 bits per heavy atom. The Labute approximate surface area is 216 Å². The van der Waals surface area contributed by atoms with Gasteiger partial charge in [-0.25, -0.2) is 9.18 Å². The molecule has 8 atom stereocenters. The van der Waals surface area contributed by atoms with Gasteiger partial charge in [0.15, 0.2) is 23.7 Å². The molecule has 3 fully saturated rings. The first-order valence-electron chi connectivity index (χ1n) is 13.2. The van der Waals surface area contributed by atoms with Crippen molar-refractivity contribution in [2.75, 3.05) is 13.2 Å². The van der Waals surface area contributed by atoms with E-state index in [-0.39, 0.29) is 25.2 Å². The molecule has 4 aliphatic rings. The maximum absolute atomic E-state index is 17.4. The van der Waals surface area contributed by atoms with E-state index in [0.717, 1.165) is 0 Å². The maximum Gasteiger partial charge on any atom is 0.509 e. The lowest BCUT2D eigenvalue weighted by Crippen LogP contribution is -2.70. The van der Waals surface area contributed by atoms with Crippen molar-refractivity contribution in [3.8, 4) is 0 Å². The lowest BCUT2D eigenvalue weighted by atomic mass is 9.44. The number of carbonyl (C=O) groups is 4. The van der Waals surface area contributed by atoms with Crippen LogP contribution in [0.5, 0.6) is 0 Å². The topological polar surface area (TPSA) is 116 Å². The Kier molecular flexibility index (Phi) is 6.93. The number of aliphatic hydroxyl groups excluding tert-OH is 1. The second-order valence-electron chi connectivity index (χ2n) is 11.4. The smallest absolute Gasteiger partial charge is 0.457 e. The third-order valence-corrected chi connectivity index (χ3v) is 9.75. The van der Waals surface area contributed by atoms with Crippen LogP contribution < -0.4 is 0 Å². The van der Waals surface area contributed by atoms with E-state index in [1.165, 1.54) is 12.2 Å². The highest BCUT2D eigenvalue weighted by Gasteiger charge is 2.77. The highest BCUT2D eigenvalue weighted by molar-refractivity contribution is 6.01. The number of rotatable bonds is 6. The zero-order valence-corrected chi connectivity index (χ0v) is 22.2. The van der Waals surface area contributed by atoms with Crippen molar-refractivity contribution >= 4 is 23.7 Å². The number of allylic oxidation sites excluding steroid dienone is 4. The Balaban J connectivity index is 1.80. The third kappa shape index (κ3) is 3.71. The summed E-state index contributed by atoms with van der Waals surface area (Å²) in [4.78, 5) is 50.4. The van der Waals surface area contributed by atoms with Crippen LogP contribution in [-0.2, 0) is 28.6 Å². The molecule has 4 rings (SSSR count). The molecule has 0 aliphatic heterocycles.